The van der Waals surface area contributed by atoms with E-state index in [4.69, 9.17) is 76.8 Å². The van der Waals surface area contributed by atoms with Crippen molar-refractivity contribution in [3.63, 3.8) is 0 Å². The SMILES string of the molecule is COCCOCCNC(=O)CCOCC(COCCC(=O)NCCOCCOC)(COCCC(=O)NCCOCCOC)NC(=O)CCOCCOCCOCCOCCNC(=O)CCCC(=O)NCCOCCOCC(=O)NCCCC[C@H](N=C(N)SSCSSCSSC)C(=O)O. The van der Waals surface area contributed by atoms with E-state index in [0.717, 1.165) is 10.2 Å². The number of carbonyl (C=O) groups is 8. The number of carboxylic acid groups (broad SMARTS) is 1. The van der Waals surface area contributed by atoms with Crippen molar-refractivity contribution in [2.75, 3.05) is 255 Å². The van der Waals surface area contributed by atoms with Crippen LogP contribution in [-0.4, -0.2) is 325 Å². The molecule has 33 nitrogen and oxygen atoms in total. The molecule has 0 aliphatic rings. The molecule has 578 valence electrons. The number of aliphatic carboxylic acids is 1. The molecule has 99 heavy (non-hydrogen) atoms. The first-order chi connectivity index (χ1) is 48.2. The Bertz CT molecular complexity index is 1980. The first kappa shape index (κ1) is 95.7. The number of carbonyl (C=O) groups excluding carboxylic acids is 7. The van der Waals surface area contributed by atoms with E-state index < -0.39 is 23.5 Å². The Kier molecular flexibility index (Phi) is 70.6. The number of unbranched alkanes of at least 4 members (excludes halogenated alkanes) is 1. The van der Waals surface area contributed by atoms with Gasteiger partial charge >= 0.3 is 5.97 Å². The summed E-state index contributed by atoms with van der Waals surface area (Å²) in [6.07, 6.45) is 4.10. The number of rotatable bonds is 75. The molecule has 0 unspecified atom stereocenters. The molecule has 0 saturated carbocycles. The molecule has 0 spiro atoms. The van der Waals surface area contributed by atoms with E-state index in [0.29, 0.717) is 138 Å². The van der Waals surface area contributed by atoms with E-state index in [-0.39, 0.29) is 185 Å². The fourth-order valence-electron chi connectivity index (χ4n) is 7.50. The Hall–Kier alpha value is -3.27. The largest absolute Gasteiger partial charge is 0.480 e. The normalized spacial score (nSPS) is 11.9. The van der Waals surface area contributed by atoms with E-state index in [2.05, 4.69) is 42.2 Å². The van der Waals surface area contributed by atoms with Crippen molar-refractivity contribution >= 4 is 117 Å². The number of ether oxygens (including phenoxy) is 15. The number of aliphatic imine (C=N–C) groups is 1. The molecule has 0 aromatic carbocycles. The van der Waals surface area contributed by atoms with Crippen LogP contribution in [0.4, 0.5) is 0 Å². The van der Waals surface area contributed by atoms with Gasteiger partial charge in [-0.3, -0.25) is 33.6 Å². The van der Waals surface area contributed by atoms with Crippen LogP contribution in [-0.2, 0) is 109 Å². The third-order valence-corrected chi connectivity index (χ3v) is 20.3. The van der Waals surface area contributed by atoms with Gasteiger partial charge in [0.15, 0.2) is 5.17 Å². The predicted octanol–water partition coefficient (Wildman–Crippen LogP) is 1.03. The molecular weight excluding hydrogens is 1420 g/mol. The molecule has 10 N–H and O–H groups in total. The first-order valence-electron chi connectivity index (χ1n) is 32.8. The lowest BCUT2D eigenvalue weighted by Gasteiger charge is -2.34. The predicted molar refractivity (Wildman–Crippen MR) is 385 cm³/mol. The van der Waals surface area contributed by atoms with Crippen molar-refractivity contribution < 1.29 is 115 Å². The second-order valence-corrected chi connectivity index (χ2v) is 28.7. The van der Waals surface area contributed by atoms with Crippen molar-refractivity contribution in [3.05, 3.63) is 0 Å². The lowest BCUT2D eigenvalue weighted by molar-refractivity contribution is -0.138. The summed E-state index contributed by atoms with van der Waals surface area (Å²) >= 11 is 0. The lowest BCUT2D eigenvalue weighted by atomic mass is 10.0. The Morgan fingerprint density at radius 3 is 1.13 bits per heavy atom. The topological polar surface area (TPSA) is 418 Å². The number of amides is 7. The highest BCUT2D eigenvalue weighted by Gasteiger charge is 2.34. The molecule has 0 aliphatic carbocycles. The van der Waals surface area contributed by atoms with Crippen LogP contribution in [0.3, 0.4) is 0 Å². The molecule has 0 aliphatic heterocycles. The molecule has 1 atom stereocenters. The number of hydrogen-bond acceptors (Lipinski definition) is 30. The number of nitrogens with two attached hydrogens (primary N) is 1. The summed E-state index contributed by atoms with van der Waals surface area (Å²) in [4.78, 5) is 104. The number of nitrogens with zero attached hydrogens (tertiary/aromatic N) is 1. The Morgan fingerprint density at radius 2 is 0.727 bits per heavy atom. The van der Waals surface area contributed by atoms with Gasteiger partial charge in [-0.15, -0.1) is 0 Å². The fraction of sp³-hybridized carbons (Fsp3) is 0.850. The lowest BCUT2D eigenvalue weighted by Crippen LogP contribution is -2.59. The van der Waals surface area contributed by atoms with Gasteiger partial charge in [0, 0.05) is 99.1 Å². The van der Waals surface area contributed by atoms with Gasteiger partial charge in [-0.1, -0.05) is 54.0 Å². The number of amidine groups is 1. The molecule has 0 aromatic heterocycles. The highest BCUT2D eigenvalue weighted by molar-refractivity contribution is 8.90. The molecule has 39 heteroatoms. The number of nitrogens with one attached hydrogen (secondary N) is 7. The van der Waals surface area contributed by atoms with Gasteiger partial charge in [-0.25, -0.2) is 9.79 Å². The van der Waals surface area contributed by atoms with Crippen molar-refractivity contribution in [1.82, 2.24) is 37.2 Å². The molecular formula is C60H113N9O24S6. The zero-order chi connectivity index (χ0) is 72.6. The Balaban J connectivity index is 4.52. The minimum atomic E-state index is -1.32. The van der Waals surface area contributed by atoms with Gasteiger partial charge in [0.1, 0.15) is 18.2 Å². The maximum Gasteiger partial charge on any atom is 0.328 e. The smallest absolute Gasteiger partial charge is 0.328 e. The highest BCUT2D eigenvalue weighted by Crippen LogP contribution is 2.36. The third kappa shape index (κ3) is 67.7. The average Bonchev–Trinajstić information content (AvgIpc) is 0.872. The van der Waals surface area contributed by atoms with E-state index in [1.165, 1.54) is 21.6 Å². The third-order valence-electron chi connectivity index (χ3n) is 12.4. The van der Waals surface area contributed by atoms with E-state index >= 15 is 0 Å². The summed E-state index contributed by atoms with van der Waals surface area (Å²) in [7, 11) is 14.4. The fourth-order valence-corrected chi connectivity index (χ4v) is 15.1. The monoisotopic (exact) mass is 1540 g/mol. The first-order valence-corrected chi connectivity index (χ1v) is 40.3. The average molecular weight is 1540 g/mol. The maximum atomic E-state index is 13.5. The van der Waals surface area contributed by atoms with E-state index in [1.54, 1.807) is 64.5 Å². The summed E-state index contributed by atoms with van der Waals surface area (Å²) < 4.78 is 82.1. The minimum Gasteiger partial charge on any atom is -0.480 e. The molecule has 0 aromatic rings. The number of hydrogen-bond donors (Lipinski definition) is 9. The maximum absolute atomic E-state index is 13.5. The Morgan fingerprint density at radius 1 is 0.384 bits per heavy atom. The van der Waals surface area contributed by atoms with E-state index in [9.17, 15) is 43.5 Å². The summed E-state index contributed by atoms with van der Waals surface area (Å²) in [5, 5.41) is 31.0. The molecule has 0 heterocycles. The molecule has 0 fully saturated rings. The van der Waals surface area contributed by atoms with Crippen LogP contribution in [0.2, 0.25) is 0 Å². The van der Waals surface area contributed by atoms with Gasteiger partial charge < -0.3 is 119 Å². The van der Waals surface area contributed by atoms with Crippen LogP contribution in [0.1, 0.15) is 64.2 Å². The molecule has 0 saturated heterocycles. The summed E-state index contributed by atoms with van der Waals surface area (Å²) in [5.74, 6) is -3.01. The second kappa shape index (κ2) is 73.1. The zero-order valence-electron chi connectivity index (χ0n) is 58.2. The number of methoxy groups -OCH3 is 3. The molecule has 0 radical (unpaired) electrons. The van der Waals surface area contributed by atoms with Gasteiger partial charge in [-0.05, 0) is 42.7 Å². The van der Waals surface area contributed by atoms with Gasteiger partial charge in [-0.2, -0.15) is 0 Å². The van der Waals surface area contributed by atoms with Crippen LogP contribution in [0, 0.1) is 0 Å². The quantitative estimate of drug-likeness (QED) is 0.0135. The van der Waals surface area contributed by atoms with Crippen LogP contribution in [0.25, 0.3) is 0 Å². The molecule has 7 amide bonds. The van der Waals surface area contributed by atoms with Crippen LogP contribution < -0.4 is 43.0 Å². The van der Waals surface area contributed by atoms with Gasteiger partial charge in [0.05, 0.1) is 182 Å². The van der Waals surface area contributed by atoms with Crippen LogP contribution >= 0.6 is 64.8 Å². The van der Waals surface area contributed by atoms with Crippen molar-refractivity contribution in [2.24, 2.45) is 10.7 Å². The summed E-state index contributed by atoms with van der Waals surface area (Å²) in [6, 6.07) is -0.948. The van der Waals surface area contributed by atoms with Crippen molar-refractivity contribution in [1.29, 1.82) is 0 Å². The summed E-state index contributed by atoms with van der Waals surface area (Å²) in [5.41, 5.74) is 4.61. The summed E-state index contributed by atoms with van der Waals surface area (Å²) in [6.45, 7) is 7.10. The van der Waals surface area contributed by atoms with Crippen molar-refractivity contribution in [2.45, 2.75) is 75.8 Å². The second-order valence-electron chi connectivity index (χ2n) is 20.6. The van der Waals surface area contributed by atoms with Gasteiger partial charge in [0.2, 0.25) is 41.4 Å². The number of carboxylic acids is 1. The van der Waals surface area contributed by atoms with Crippen LogP contribution in [0.5, 0.6) is 0 Å². The zero-order valence-corrected chi connectivity index (χ0v) is 63.1. The Labute approximate surface area is 607 Å². The standard InChI is InChI=1S/C60H113N9O24S6/c1-79-30-33-83-25-18-65-53(72)11-22-91-45-60(46-92-23-12-54(73)66-19-26-84-34-31-80-2,47-93-24-13-55(74)67-20-27-85-35-32-81-3)69-56(75)14-21-82-36-38-88-40-41-89-39-37-86-28-16-63-51(70)9-7-10-52(71)64-17-29-87-42-43-90-44-57(76)62-15-6-5-8-50(58(77)78)68-59(61)99-98-49-97-96-48-95-94-4/h50H,5-49H2,1-4H3,(H2,61,68)(H,62,76)(H,63,70)(H,64,71)(H,65,72)(H,66,73)(H,67,74)(H,69,75)(H,77,78)/t50-/m0/s1. The minimum absolute atomic E-state index is 0.00913. The highest BCUT2D eigenvalue weighted by atomic mass is 33.2. The van der Waals surface area contributed by atoms with Crippen molar-refractivity contribution in [3.8, 4) is 0 Å². The molecule has 0 bridgehead atoms. The molecule has 0 rings (SSSR count). The van der Waals surface area contributed by atoms with Crippen LogP contribution in [0.15, 0.2) is 4.99 Å². The van der Waals surface area contributed by atoms with Gasteiger partial charge in [0.25, 0.3) is 0 Å². The van der Waals surface area contributed by atoms with E-state index in [1.807, 2.05) is 6.26 Å².